The van der Waals surface area contributed by atoms with Gasteiger partial charge in [-0.2, -0.15) is 5.09 Å². The Morgan fingerprint density at radius 2 is 1.19 bits per heavy atom. The summed E-state index contributed by atoms with van der Waals surface area (Å²) in [6, 6.07) is 24.3. The van der Waals surface area contributed by atoms with Crippen LogP contribution < -0.4 is 14.1 Å². The lowest BCUT2D eigenvalue weighted by Crippen LogP contribution is -2.22. The van der Waals surface area contributed by atoms with Crippen LogP contribution >= 0.6 is 7.75 Å². The predicted octanol–water partition coefficient (Wildman–Crippen LogP) is 6.22. The molecule has 0 aromatic heterocycles. The zero-order valence-electron chi connectivity index (χ0n) is 15.8. The first-order valence-corrected chi connectivity index (χ1v) is 10.4. The Hall–Kier alpha value is -2.55. The van der Waals surface area contributed by atoms with Crippen molar-refractivity contribution in [3.05, 3.63) is 95.6 Å². The van der Waals surface area contributed by atoms with Crippen LogP contribution in [0.5, 0.6) is 11.5 Å². The second kappa shape index (κ2) is 8.43. The van der Waals surface area contributed by atoms with Crippen molar-refractivity contribution in [2.24, 2.45) is 0 Å². The maximum Gasteiger partial charge on any atom is 0.513 e. The SMILES string of the molecule is Cc1ccc(OP(=O)(N[C@@H](C)c2ccccc2)Oc2ccc(C)cc2)cc1. The van der Waals surface area contributed by atoms with Gasteiger partial charge in [0.2, 0.25) is 0 Å². The van der Waals surface area contributed by atoms with Gasteiger partial charge in [-0.15, -0.1) is 0 Å². The molecule has 0 aliphatic rings. The van der Waals surface area contributed by atoms with Crippen LogP contribution in [0.3, 0.4) is 0 Å². The number of rotatable bonds is 7. The smallest absolute Gasteiger partial charge is 0.405 e. The largest absolute Gasteiger partial charge is 0.513 e. The minimum Gasteiger partial charge on any atom is -0.405 e. The molecule has 0 fully saturated rings. The van der Waals surface area contributed by atoms with Gasteiger partial charge in [-0.05, 0) is 50.6 Å². The third-order valence-corrected chi connectivity index (χ3v) is 5.75. The minimum atomic E-state index is -3.66. The molecule has 1 atom stereocenters. The van der Waals surface area contributed by atoms with E-state index in [2.05, 4.69) is 5.09 Å². The lowest BCUT2D eigenvalue weighted by atomic mass is 10.1. The molecule has 0 aliphatic carbocycles. The van der Waals surface area contributed by atoms with Crippen LogP contribution in [0, 0.1) is 13.8 Å². The summed E-state index contributed by atoms with van der Waals surface area (Å²) in [4.78, 5) is 0. The molecule has 1 N–H and O–H groups in total. The normalized spacial score (nSPS) is 12.4. The fourth-order valence-electron chi connectivity index (χ4n) is 2.60. The minimum absolute atomic E-state index is 0.215. The van der Waals surface area contributed by atoms with E-state index >= 15 is 0 Å². The van der Waals surface area contributed by atoms with Crippen molar-refractivity contribution in [3.63, 3.8) is 0 Å². The van der Waals surface area contributed by atoms with Gasteiger partial charge in [0, 0.05) is 6.04 Å². The van der Waals surface area contributed by atoms with Gasteiger partial charge in [0.15, 0.2) is 0 Å². The highest BCUT2D eigenvalue weighted by Crippen LogP contribution is 2.47. The maximum atomic E-state index is 13.6. The van der Waals surface area contributed by atoms with Gasteiger partial charge in [-0.3, -0.25) is 0 Å². The average molecular weight is 381 g/mol. The van der Waals surface area contributed by atoms with E-state index < -0.39 is 7.75 Å². The number of hydrogen-bond acceptors (Lipinski definition) is 3. The van der Waals surface area contributed by atoms with Gasteiger partial charge in [-0.25, -0.2) is 4.57 Å². The fourth-order valence-corrected chi connectivity index (χ4v) is 4.17. The zero-order chi connectivity index (χ0) is 19.3. The van der Waals surface area contributed by atoms with Crippen molar-refractivity contribution in [2.45, 2.75) is 26.8 Å². The Bertz CT molecular complexity index is 857. The third-order valence-electron chi connectivity index (χ3n) is 4.14. The summed E-state index contributed by atoms with van der Waals surface area (Å²) in [5.41, 5.74) is 3.20. The van der Waals surface area contributed by atoms with Crippen LogP contribution in [0.15, 0.2) is 78.9 Å². The van der Waals surface area contributed by atoms with Crippen molar-refractivity contribution >= 4 is 7.75 Å². The van der Waals surface area contributed by atoms with E-state index in [1.54, 1.807) is 24.3 Å². The molecule has 3 rings (SSSR count). The van der Waals surface area contributed by atoms with Gasteiger partial charge in [0.05, 0.1) is 0 Å². The van der Waals surface area contributed by atoms with Gasteiger partial charge in [0.1, 0.15) is 11.5 Å². The molecule has 0 bridgehead atoms. The van der Waals surface area contributed by atoms with Crippen LogP contribution in [-0.4, -0.2) is 0 Å². The van der Waals surface area contributed by atoms with E-state index in [1.165, 1.54) is 0 Å². The molecule has 0 saturated heterocycles. The second-order valence-corrected chi connectivity index (χ2v) is 8.19. The van der Waals surface area contributed by atoms with E-state index in [9.17, 15) is 4.57 Å². The summed E-state index contributed by atoms with van der Waals surface area (Å²) >= 11 is 0. The van der Waals surface area contributed by atoms with Gasteiger partial charge in [0.25, 0.3) is 0 Å². The molecule has 0 radical (unpaired) electrons. The molecule has 0 unspecified atom stereocenters. The Labute approximate surface area is 160 Å². The van der Waals surface area contributed by atoms with Crippen LogP contribution in [-0.2, 0) is 4.57 Å². The molecular formula is C22H24NO3P. The lowest BCUT2D eigenvalue weighted by molar-refractivity contribution is 0.363. The fraction of sp³-hybridized carbons (Fsp3) is 0.182. The summed E-state index contributed by atoms with van der Waals surface area (Å²) in [5.74, 6) is 0.979. The Balaban J connectivity index is 1.85. The zero-order valence-corrected chi connectivity index (χ0v) is 16.6. The molecule has 3 aromatic rings. The van der Waals surface area contributed by atoms with Gasteiger partial charge < -0.3 is 9.05 Å². The highest BCUT2D eigenvalue weighted by molar-refractivity contribution is 7.52. The predicted molar refractivity (Wildman–Crippen MR) is 109 cm³/mol. The number of nitrogens with one attached hydrogen (secondary N) is 1. The molecule has 0 aliphatic heterocycles. The Morgan fingerprint density at radius 3 is 1.63 bits per heavy atom. The highest BCUT2D eigenvalue weighted by atomic mass is 31.2. The molecule has 0 heterocycles. The van der Waals surface area contributed by atoms with E-state index in [1.807, 2.05) is 75.4 Å². The topological polar surface area (TPSA) is 47.6 Å². The molecule has 0 spiro atoms. The van der Waals surface area contributed by atoms with E-state index in [0.29, 0.717) is 11.5 Å². The lowest BCUT2D eigenvalue weighted by Gasteiger charge is -2.24. The number of aryl methyl sites for hydroxylation is 2. The third kappa shape index (κ3) is 5.46. The summed E-state index contributed by atoms with van der Waals surface area (Å²) < 4.78 is 25.2. The van der Waals surface area contributed by atoms with Crippen molar-refractivity contribution in [1.29, 1.82) is 0 Å². The summed E-state index contributed by atoms with van der Waals surface area (Å²) in [6.07, 6.45) is 0. The standard InChI is InChI=1S/C22H24NO3P/c1-17-9-13-21(14-10-17)25-27(24,26-22-15-11-18(2)12-16-22)23-19(3)20-7-5-4-6-8-20/h4-16,19H,1-3H3,(H,23,24)/t19-/m0/s1. The first-order valence-electron chi connectivity index (χ1n) is 8.89. The van der Waals surface area contributed by atoms with E-state index in [-0.39, 0.29) is 6.04 Å². The Morgan fingerprint density at radius 1 is 0.741 bits per heavy atom. The molecule has 5 heteroatoms. The number of benzene rings is 3. The summed E-state index contributed by atoms with van der Waals surface area (Å²) in [5, 5.41) is 3.05. The molecule has 4 nitrogen and oxygen atoms in total. The molecule has 140 valence electrons. The molecule has 0 amide bonds. The molecule has 3 aromatic carbocycles. The van der Waals surface area contributed by atoms with E-state index in [0.717, 1.165) is 16.7 Å². The number of hydrogen-bond donors (Lipinski definition) is 1. The van der Waals surface area contributed by atoms with E-state index in [4.69, 9.17) is 9.05 Å². The van der Waals surface area contributed by atoms with Crippen molar-refractivity contribution < 1.29 is 13.6 Å². The Kier molecular flexibility index (Phi) is 6.00. The molecule has 0 saturated carbocycles. The van der Waals surface area contributed by atoms with Crippen molar-refractivity contribution in [3.8, 4) is 11.5 Å². The summed E-state index contributed by atoms with van der Waals surface area (Å²) in [7, 11) is -3.66. The highest BCUT2D eigenvalue weighted by Gasteiger charge is 2.31. The average Bonchev–Trinajstić information content (AvgIpc) is 2.66. The van der Waals surface area contributed by atoms with Crippen molar-refractivity contribution in [1.82, 2.24) is 5.09 Å². The van der Waals surface area contributed by atoms with Crippen molar-refractivity contribution in [2.75, 3.05) is 0 Å². The van der Waals surface area contributed by atoms with Gasteiger partial charge in [-0.1, -0.05) is 65.7 Å². The quantitative estimate of drug-likeness (QED) is 0.494. The van der Waals surface area contributed by atoms with Crippen LogP contribution in [0.25, 0.3) is 0 Å². The van der Waals surface area contributed by atoms with Gasteiger partial charge >= 0.3 is 7.75 Å². The monoisotopic (exact) mass is 381 g/mol. The maximum absolute atomic E-state index is 13.6. The molecule has 27 heavy (non-hydrogen) atoms. The first-order chi connectivity index (χ1) is 12.9. The first kappa shape index (κ1) is 19.2. The van der Waals surface area contributed by atoms with Crippen LogP contribution in [0.4, 0.5) is 0 Å². The van der Waals surface area contributed by atoms with Crippen LogP contribution in [0.2, 0.25) is 0 Å². The molecular weight excluding hydrogens is 357 g/mol. The second-order valence-electron chi connectivity index (χ2n) is 6.57. The summed E-state index contributed by atoms with van der Waals surface area (Å²) in [6.45, 7) is 5.91. The van der Waals surface area contributed by atoms with Crippen LogP contribution in [0.1, 0.15) is 29.7 Å².